The second kappa shape index (κ2) is 11.5. The summed E-state index contributed by atoms with van der Waals surface area (Å²) in [5.74, 6) is 0.0990. The van der Waals surface area contributed by atoms with Crippen molar-refractivity contribution in [3.8, 4) is 11.1 Å². The summed E-state index contributed by atoms with van der Waals surface area (Å²) < 4.78 is 16.2. The number of hydrogen-bond donors (Lipinski definition) is 0. The third-order valence-electron chi connectivity index (χ3n) is 7.86. The molecule has 0 spiro atoms. The lowest BCUT2D eigenvalue weighted by atomic mass is 9.86. The van der Waals surface area contributed by atoms with Gasteiger partial charge < -0.3 is 9.80 Å². The number of rotatable bonds is 6. The largest absolute Gasteiger partial charge is 0.330 e. The van der Waals surface area contributed by atoms with Gasteiger partial charge in [-0.05, 0) is 73.1 Å². The molecule has 1 fully saturated rings. The molecule has 1 aliphatic rings. The van der Waals surface area contributed by atoms with Crippen LogP contribution in [0.1, 0.15) is 54.8 Å². The Morgan fingerprint density at radius 3 is 2.31 bits per heavy atom. The number of nitrogens with zero attached hydrogens (tertiary/aromatic N) is 2. The van der Waals surface area contributed by atoms with Gasteiger partial charge in [-0.2, -0.15) is 0 Å². The number of amides is 2. The van der Waals surface area contributed by atoms with E-state index in [9.17, 15) is 9.59 Å². The van der Waals surface area contributed by atoms with Crippen LogP contribution < -0.4 is 4.90 Å². The first-order chi connectivity index (χ1) is 18.7. The van der Waals surface area contributed by atoms with Crippen molar-refractivity contribution in [3.63, 3.8) is 0 Å². The number of hydrogen-bond acceptors (Lipinski definition) is 3. The van der Waals surface area contributed by atoms with Gasteiger partial charge in [-0.3, -0.25) is 9.59 Å². The highest BCUT2D eigenvalue weighted by Gasteiger charge is 2.31. The van der Waals surface area contributed by atoms with Gasteiger partial charge in [0, 0.05) is 47.9 Å². The van der Waals surface area contributed by atoms with Gasteiger partial charge in [0.25, 0.3) is 5.91 Å². The van der Waals surface area contributed by atoms with Crippen LogP contribution in [-0.4, -0.2) is 29.8 Å². The third kappa shape index (κ3) is 5.73. The lowest BCUT2D eigenvalue weighted by molar-refractivity contribution is -0.116. The maximum absolute atomic E-state index is 15.2. The van der Waals surface area contributed by atoms with Crippen molar-refractivity contribution in [2.45, 2.75) is 52.1 Å². The van der Waals surface area contributed by atoms with E-state index in [0.29, 0.717) is 21.4 Å². The van der Waals surface area contributed by atoms with Crippen molar-refractivity contribution in [2.75, 3.05) is 11.9 Å². The van der Waals surface area contributed by atoms with E-state index >= 15 is 4.39 Å². The molecule has 0 saturated heterocycles. The Kier molecular flexibility index (Phi) is 8.06. The first-order valence-electron chi connectivity index (χ1n) is 13.3. The van der Waals surface area contributed by atoms with E-state index in [4.69, 9.17) is 11.6 Å². The molecule has 0 bridgehead atoms. The lowest BCUT2D eigenvalue weighted by Gasteiger charge is -2.36. The average Bonchev–Trinajstić information content (AvgIpc) is 3.29. The van der Waals surface area contributed by atoms with Crippen LogP contribution in [0.2, 0.25) is 5.02 Å². The monoisotopic (exact) mass is 562 g/mol. The molecule has 0 radical (unpaired) electrons. The molecule has 7 heteroatoms. The number of carbonyl (C=O) groups excluding carboxylic acids is 2. The quantitative estimate of drug-likeness (QED) is 0.236. The molecule has 1 saturated carbocycles. The predicted octanol–water partition coefficient (Wildman–Crippen LogP) is 8.56. The normalized spacial score (nSPS) is 17.3. The summed E-state index contributed by atoms with van der Waals surface area (Å²) in [4.78, 5) is 29.7. The standard InChI is InChI=1S/C32H32ClFN2O2S/c1-20-8-13-26(14-9-20)36(32(38)31-30(33)27-6-4-5-7-29(27)39-31)19-24-18-23(12-17-28(24)34)22-10-15-25(16-11-22)35(3)21(2)37/h4-7,10-12,15-18,20,26H,8-9,13-14,19H2,1-3H3/t20-,26-. The van der Waals surface area contributed by atoms with Crippen LogP contribution in [0.5, 0.6) is 0 Å². The molecule has 0 aliphatic heterocycles. The van der Waals surface area contributed by atoms with Gasteiger partial charge in [0.1, 0.15) is 10.7 Å². The first kappa shape index (κ1) is 27.4. The fourth-order valence-corrected chi connectivity index (χ4v) is 6.79. The molecule has 1 heterocycles. The lowest BCUT2D eigenvalue weighted by Crippen LogP contribution is -2.41. The number of anilines is 1. The minimum absolute atomic E-state index is 0.0273. The average molecular weight is 563 g/mol. The summed E-state index contributed by atoms with van der Waals surface area (Å²) in [6, 6.07) is 20.4. The van der Waals surface area contributed by atoms with E-state index in [2.05, 4.69) is 6.92 Å². The number of halogens is 2. The summed E-state index contributed by atoms with van der Waals surface area (Å²) >= 11 is 8.12. The Bertz CT molecular complexity index is 1510. The van der Waals surface area contributed by atoms with Crippen LogP contribution in [0, 0.1) is 11.7 Å². The fraction of sp³-hybridized carbons (Fsp3) is 0.312. The zero-order valence-electron chi connectivity index (χ0n) is 22.4. The minimum atomic E-state index is -0.337. The van der Waals surface area contributed by atoms with E-state index < -0.39 is 0 Å². The number of carbonyl (C=O) groups is 2. The van der Waals surface area contributed by atoms with Gasteiger partial charge in [-0.15, -0.1) is 11.3 Å². The summed E-state index contributed by atoms with van der Waals surface area (Å²) in [7, 11) is 1.73. The number of thiophene rings is 1. The molecule has 3 aromatic carbocycles. The summed E-state index contributed by atoms with van der Waals surface area (Å²) in [5.41, 5.74) is 3.03. The van der Waals surface area contributed by atoms with Crippen molar-refractivity contribution in [1.29, 1.82) is 0 Å². The number of fused-ring (bicyclic) bond motifs is 1. The maximum atomic E-state index is 15.2. The second-order valence-electron chi connectivity index (χ2n) is 10.5. The van der Waals surface area contributed by atoms with Gasteiger partial charge in [-0.25, -0.2) is 4.39 Å². The Hall–Kier alpha value is -3.22. The van der Waals surface area contributed by atoms with Crippen molar-refractivity contribution in [3.05, 3.63) is 88.0 Å². The van der Waals surface area contributed by atoms with Crippen LogP contribution in [-0.2, 0) is 11.3 Å². The van der Waals surface area contributed by atoms with Crippen molar-refractivity contribution >= 4 is 50.5 Å². The van der Waals surface area contributed by atoms with Crippen LogP contribution in [0.15, 0.2) is 66.7 Å². The van der Waals surface area contributed by atoms with Crippen LogP contribution in [0.3, 0.4) is 0 Å². The van der Waals surface area contributed by atoms with E-state index in [1.54, 1.807) is 18.0 Å². The molecule has 1 aromatic heterocycles. The molecule has 2 amide bonds. The second-order valence-corrected chi connectivity index (χ2v) is 11.9. The highest BCUT2D eigenvalue weighted by Crippen LogP contribution is 2.38. The van der Waals surface area contributed by atoms with Crippen LogP contribution in [0.4, 0.5) is 10.1 Å². The zero-order valence-corrected chi connectivity index (χ0v) is 24.0. The minimum Gasteiger partial charge on any atom is -0.330 e. The van der Waals surface area contributed by atoms with Crippen LogP contribution in [0.25, 0.3) is 21.2 Å². The SMILES string of the molecule is CC(=O)N(C)c1ccc(-c2ccc(F)c(CN(C(=O)c3sc4ccccc4c3Cl)[C@H]3CC[C@H](C)CC3)c2)cc1. The maximum Gasteiger partial charge on any atom is 0.266 e. The Morgan fingerprint density at radius 2 is 1.64 bits per heavy atom. The number of benzene rings is 3. The van der Waals surface area contributed by atoms with Crippen molar-refractivity contribution in [2.24, 2.45) is 5.92 Å². The van der Waals surface area contributed by atoms with E-state index in [1.807, 2.05) is 59.5 Å². The molecule has 5 rings (SSSR count). The molecule has 4 nitrogen and oxygen atoms in total. The summed E-state index contributed by atoms with van der Waals surface area (Å²) in [6.45, 7) is 3.94. The molecule has 0 atom stereocenters. The van der Waals surface area contributed by atoms with Gasteiger partial charge in [0.2, 0.25) is 5.91 Å². The Balaban J connectivity index is 1.47. The van der Waals surface area contributed by atoms with Gasteiger partial charge in [-0.1, -0.05) is 54.9 Å². The first-order valence-corrected chi connectivity index (χ1v) is 14.5. The van der Waals surface area contributed by atoms with Crippen molar-refractivity contribution in [1.82, 2.24) is 4.90 Å². The molecule has 39 heavy (non-hydrogen) atoms. The molecular formula is C32H32ClFN2O2S. The topological polar surface area (TPSA) is 40.6 Å². The van der Waals surface area contributed by atoms with E-state index in [0.717, 1.165) is 52.6 Å². The van der Waals surface area contributed by atoms with Gasteiger partial charge in [0.05, 0.1) is 5.02 Å². The van der Waals surface area contributed by atoms with Crippen molar-refractivity contribution < 1.29 is 14.0 Å². The highest BCUT2D eigenvalue weighted by atomic mass is 35.5. The smallest absolute Gasteiger partial charge is 0.266 e. The fourth-order valence-electron chi connectivity index (χ4n) is 5.32. The Morgan fingerprint density at radius 1 is 0.974 bits per heavy atom. The van der Waals surface area contributed by atoms with E-state index in [1.165, 1.54) is 24.3 Å². The molecule has 4 aromatic rings. The summed E-state index contributed by atoms with van der Waals surface area (Å²) in [6.07, 6.45) is 3.86. The van der Waals surface area contributed by atoms with Gasteiger partial charge in [0.15, 0.2) is 0 Å². The molecule has 0 N–H and O–H groups in total. The molecule has 202 valence electrons. The van der Waals surface area contributed by atoms with Gasteiger partial charge >= 0.3 is 0 Å². The molecular weight excluding hydrogens is 531 g/mol. The molecule has 1 aliphatic carbocycles. The van der Waals surface area contributed by atoms with E-state index in [-0.39, 0.29) is 30.2 Å². The van der Waals surface area contributed by atoms with Crippen LogP contribution >= 0.6 is 22.9 Å². The zero-order chi connectivity index (χ0) is 27.7. The molecule has 0 unspecified atom stereocenters. The predicted molar refractivity (Wildman–Crippen MR) is 159 cm³/mol. The summed E-state index contributed by atoms with van der Waals surface area (Å²) in [5, 5.41) is 1.34. The third-order valence-corrected chi connectivity index (χ3v) is 9.53. The highest BCUT2D eigenvalue weighted by molar-refractivity contribution is 7.21. The Labute approximate surface area is 238 Å².